The highest BCUT2D eigenvalue weighted by Crippen LogP contribution is 2.43. The summed E-state index contributed by atoms with van der Waals surface area (Å²) in [4.78, 5) is 16.3. The lowest BCUT2D eigenvalue weighted by Gasteiger charge is -2.42. The Morgan fingerprint density at radius 1 is 1.35 bits per heavy atom. The van der Waals surface area contributed by atoms with E-state index in [9.17, 15) is 4.79 Å². The van der Waals surface area contributed by atoms with Gasteiger partial charge in [0, 0.05) is 51.9 Å². The molecule has 0 saturated heterocycles. The van der Waals surface area contributed by atoms with Gasteiger partial charge in [-0.05, 0) is 36.3 Å². The number of para-hydroxylation sites is 1. The number of guanidine groups is 1. The second kappa shape index (κ2) is 8.54. The number of carbonyl (C=O) groups excluding carboxylic acids is 1. The molecule has 142 valence electrons. The van der Waals surface area contributed by atoms with Crippen LogP contribution in [0.2, 0.25) is 0 Å². The number of nitrogens with zero attached hydrogens (tertiary/aromatic N) is 1. The van der Waals surface area contributed by atoms with E-state index in [1.165, 1.54) is 24.8 Å². The molecule has 0 aromatic heterocycles. The summed E-state index contributed by atoms with van der Waals surface area (Å²) in [6.45, 7) is 2.41. The van der Waals surface area contributed by atoms with E-state index in [1.807, 2.05) is 18.2 Å². The summed E-state index contributed by atoms with van der Waals surface area (Å²) in [5.41, 5.74) is 2.45. The standard InChI is InChI=1S/C20H30N4O2/c1-21-19(23-14-20(8-5-9-20)10-11-26-2)22-13-15-12-18(25)24-17-7-4-3-6-16(15)17/h3-4,6-7,15H,5,8-14H2,1-2H3,(H,24,25)(H2,21,22,23). The van der Waals surface area contributed by atoms with Gasteiger partial charge < -0.3 is 20.7 Å². The van der Waals surface area contributed by atoms with Crippen molar-refractivity contribution in [1.82, 2.24) is 10.6 Å². The highest BCUT2D eigenvalue weighted by Gasteiger charge is 2.36. The predicted molar refractivity (Wildman–Crippen MR) is 105 cm³/mol. The predicted octanol–water partition coefficient (Wildman–Crippen LogP) is 2.48. The van der Waals surface area contributed by atoms with Crippen LogP contribution < -0.4 is 16.0 Å². The number of carbonyl (C=O) groups is 1. The van der Waals surface area contributed by atoms with E-state index < -0.39 is 0 Å². The Balaban J connectivity index is 1.54. The molecule has 1 heterocycles. The van der Waals surface area contributed by atoms with Crippen molar-refractivity contribution in [3.05, 3.63) is 29.8 Å². The third-order valence-electron chi connectivity index (χ3n) is 5.73. The number of fused-ring (bicyclic) bond motifs is 1. The highest BCUT2D eigenvalue weighted by atomic mass is 16.5. The third-order valence-corrected chi connectivity index (χ3v) is 5.73. The SMILES string of the molecule is CN=C(NCC1CC(=O)Nc2ccccc21)NCC1(CCOC)CCC1. The molecule has 3 N–H and O–H groups in total. The number of hydrogen-bond acceptors (Lipinski definition) is 3. The van der Waals surface area contributed by atoms with Crippen LogP contribution in [0.1, 0.15) is 43.6 Å². The number of ether oxygens (including phenoxy) is 1. The van der Waals surface area contributed by atoms with E-state index >= 15 is 0 Å². The van der Waals surface area contributed by atoms with Gasteiger partial charge in [0.05, 0.1) is 0 Å². The fraction of sp³-hybridized carbons (Fsp3) is 0.600. The van der Waals surface area contributed by atoms with Gasteiger partial charge in [-0.1, -0.05) is 24.6 Å². The number of rotatable bonds is 7. The van der Waals surface area contributed by atoms with E-state index in [1.54, 1.807) is 14.2 Å². The molecule has 0 spiro atoms. The molecule has 0 bridgehead atoms. The summed E-state index contributed by atoms with van der Waals surface area (Å²) in [6.07, 6.45) is 5.38. The Hall–Kier alpha value is -2.08. The van der Waals surface area contributed by atoms with Crippen LogP contribution >= 0.6 is 0 Å². The summed E-state index contributed by atoms with van der Waals surface area (Å²) < 4.78 is 5.27. The first kappa shape index (κ1) is 18.7. The topological polar surface area (TPSA) is 74.8 Å². The molecule has 6 heteroatoms. The van der Waals surface area contributed by atoms with Crippen LogP contribution in [0.4, 0.5) is 5.69 Å². The second-order valence-electron chi connectivity index (χ2n) is 7.44. The fourth-order valence-electron chi connectivity index (χ4n) is 3.91. The van der Waals surface area contributed by atoms with Gasteiger partial charge in [-0.3, -0.25) is 9.79 Å². The molecular weight excluding hydrogens is 328 g/mol. The maximum atomic E-state index is 12.0. The van der Waals surface area contributed by atoms with Crippen molar-refractivity contribution in [2.24, 2.45) is 10.4 Å². The number of hydrogen-bond donors (Lipinski definition) is 3. The van der Waals surface area contributed by atoms with Gasteiger partial charge in [0.15, 0.2) is 5.96 Å². The quantitative estimate of drug-likeness (QED) is 0.517. The van der Waals surface area contributed by atoms with Crippen molar-refractivity contribution >= 4 is 17.6 Å². The molecular formula is C20H30N4O2. The first-order chi connectivity index (χ1) is 12.7. The Bertz CT molecular complexity index is 655. The Labute approximate surface area is 155 Å². The van der Waals surface area contributed by atoms with E-state index in [0.717, 1.165) is 31.2 Å². The third kappa shape index (κ3) is 4.36. The first-order valence-corrected chi connectivity index (χ1v) is 9.48. The lowest BCUT2D eigenvalue weighted by atomic mass is 9.67. The minimum atomic E-state index is 0.0754. The van der Waals surface area contributed by atoms with Crippen molar-refractivity contribution in [3.63, 3.8) is 0 Å². The van der Waals surface area contributed by atoms with Crippen LogP contribution in [0.25, 0.3) is 0 Å². The van der Waals surface area contributed by atoms with Gasteiger partial charge >= 0.3 is 0 Å². The lowest BCUT2D eigenvalue weighted by molar-refractivity contribution is -0.116. The maximum Gasteiger partial charge on any atom is 0.225 e. The molecule has 6 nitrogen and oxygen atoms in total. The molecule has 1 aliphatic carbocycles. The van der Waals surface area contributed by atoms with E-state index in [0.29, 0.717) is 18.4 Å². The first-order valence-electron chi connectivity index (χ1n) is 9.48. The van der Waals surface area contributed by atoms with Gasteiger partial charge in [-0.15, -0.1) is 0 Å². The van der Waals surface area contributed by atoms with Crippen LogP contribution in [0.3, 0.4) is 0 Å². The number of benzene rings is 1. The lowest BCUT2D eigenvalue weighted by Crippen LogP contribution is -2.47. The molecule has 1 aliphatic heterocycles. The number of nitrogens with one attached hydrogen (secondary N) is 3. The number of amides is 1. The van der Waals surface area contributed by atoms with Gasteiger partial charge in [0.1, 0.15) is 0 Å². The fourth-order valence-corrected chi connectivity index (χ4v) is 3.91. The normalized spacial score (nSPS) is 21.4. The smallest absolute Gasteiger partial charge is 0.225 e. The summed E-state index contributed by atoms with van der Waals surface area (Å²) in [7, 11) is 3.55. The zero-order valence-electron chi connectivity index (χ0n) is 15.8. The van der Waals surface area contributed by atoms with Crippen molar-refractivity contribution in [1.29, 1.82) is 0 Å². The Kier molecular flexibility index (Phi) is 6.14. The average Bonchev–Trinajstić information content (AvgIpc) is 2.62. The Morgan fingerprint density at radius 3 is 2.85 bits per heavy atom. The van der Waals surface area contributed by atoms with Crippen LogP contribution in [0.5, 0.6) is 0 Å². The monoisotopic (exact) mass is 358 g/mol. The summed E-state index contributed by atoms with van der Waals surface area (Å²) in [5.74, 6) is 1.04. The molecule has 1 amide bonds. The van der Waals surface area contributed by atoms with Crippen LogP contribution in [0, 0.1) is 5.41 Å². The van der Waals surface area contributed by atoms with Crippen LogP contribution in [-0.2, 0) is 9.53 Å². The van der Waals surface area contributed by atoms with Gasteiger partial charge in [-0.2, -0.15) is 0 Å². The molecule has 3 rings (SSSR count). The van der Waals surface area contributed by atoms with Crippen LogP contribution in [0.15, 0.2) is 29.3 Å². The van der Waals surface area contributed by atoms with Gasteiger partial charge in [0.2, 0.25) is 5.91 Å². The zero-order valence-corrected chi connectivity index (χ0v) is 15.8. The molecule has 1 saturated carbocycles. The highest BCUT2D eigenvalue weighted by molar-refractivity contribution is 5.94. The molecule has 0 radical (unpaired) electrons. The van der Waals surface area contributed by atoms with Gasteiger partial charge in [-0.25, -0.2) is 0 Å². The molecule has 2 aliphatic rings. The van der Waals surface area contributed by atoms with E-state index in [2.05, 4.69) is 27.0 Å². The minimum Gasteiger partial charge on any atom is -0.385 e. The zero-order chi connectivity index (χ0) is 18.4. The molecule has 1 aromatic carbocycles. The summed E-state index contributed by atoms with van der Waals surface area (Å²) in [6, 6.07) is 8.02. The molecule has 26 heavy (non-hydrogen) atoms. The molecule has 1 atom stereocenters. The summed E-state index contributed by atoms with van der Waals surface area (Å²) in [5, 5.41) is 9.83. The average molecular weight is 358 g/mol. The molecule has 1 fully saturated rings. The van der Waals surface area contributed by atoms with E-state index in [-0.39, 0.29) is 11.8 Å². The van der Waals surface area contributed by atoms with E-state index in [4.69, 9.17) is 4.74 Å². The molecule has 1 aromatic rings. The molecule has 1 unspecified atom stereocenters. The van der Waals surface area contributed by atoms with Crippen molar-refractivity contribution in [2.75, 3.05) is 39.2 Å². The van der Waals surface area contributed by atoms with Crippen molar-refractivity contribution in [2.45, 2.75) is 38.0 Å². The minimum absolute atomic E-state index is 0.0754. The van der Waals surface area contributed by atoms with Crippen molar-refractivity contribution < 1.29 is 9.53 Å². The Morgan fingerprint density at radius 2 is 2.15 bits per heavy atom. The number of aliphatic imine (C=N–C) groups is 1. The largest absolute Gasteiger partial charge is 0.385 e. The van der Waals surface area contributed by atoms with Gasteiger partial charge in [0.25, 0.3) is 0 Å². The van der Waals surface area contributed by atoms with Crippen LogP contribution in [-0.4, -0.2) is 45.7 Å². The maximum absolute atomic E-state index is 12.0. The van der Waals surface area contributed by atoms with Crippen molar-refractivity contribution in [3.8, 4) is 0 Å². The summed E-state index contributed by atoms with van der Waals surface area (Å²) >= 11 is 0. The second-order valence-corrected chi connectivity index (χ2v) is 7.44. The number of methoxy groups -OCH3 is 1. The number of anilines is 1.